The number of aromatic nitrogens is 3. The Kier molecular flexibility index (Phi) is 6.20. The minimum Gasteiger partial charge on any atom is -0.383 e. The van der Waals surface area contributed by atoms with Gasteiger partial charge in [0.25, 0.3) is 11.5 Å². The number of hydrogen-bond acceptors (Lipinski definition) is 6. The van der Waals surface area contributed by atoms with Crippen molar-refractivity contribution in [2.75, 3.05) is 24.4 Å². The van der Waals surface area contributed by atoms with Crippen LogP contribution in [0.1, 0.15) is 16.1 Å². The van der Waals surface area contributed by atoms with Crippen molar-refractivity contribution >= 4 is 17.4 Å². The molecule has 2 aromatic heterocycles. The van der Waals surface area contributed by atoms with E-state index in [2.05, 4.69) is 9.97 Å². The molecule has 0 aliphatic heterocycles. The molecule has 0 unspecified atom stereocenters. The second-order valence-corrected chi connectivity index (χ2v) is 6.23. The maximum atomic E-state index is 13.2. The molecule has 2 heterocycles. The Morgan fingerprint density at radius 1 is 1.17 bits per heavy atom. The highest BCUT2D eigenvalue weighted by Gasteiger charge is 2.26. The lowest BCUT2D eigenvalue weighted by molar-refractivity contribution is 0.0980. The monoisotopic (exact) mass is 395 g/mol. The van der Waals surface area contributed by atoms with Crippen molar-refractivity contribution in [3.05, 3.63) is 86.8 Å². The maximum absolute atomic E-state index is 13.2. The molecule has 0 atom stereocenters. The van der Waals surface area contributed by atoms with Crippen molar-refractivity contribution < 1.29 is 9.53 Å². The summed E-state index contributed by atoms with van der Waals surface area (Å²) in [6.45, 7) is 0.413. The van der Waals surface area contributed by atoms with E-state index in [1.165, 1.54) is 22.8 Å². The van der Waals surface area contributed by atoms with Gasteiger partial charge in [-0.15, -0.1) is 0 Å². The van der Waals surface area contributed by atoms with Crippen LogP contribution in [0, 0.1) is 0 Å². The van der Waals surface area contributed by atoms with Crippen LogP contribution in [0.2, 0.25) is 0 Å². The average Bonchev–Trinajstić information content (AvgIpc) is 2.73. The van der Waals surface area contributed by atoms with Gasteiger partial charge in [0.1, 0.15) is 11.5 Å². The highest BCUT2D eigenvalue weighted by atomic mass is 16.5. The van der Waals surface area contributed by atoms with Crippen LogP contribution in [-0.2, 0) is 17.8 Å². The molecule has 0 fully saturated rings. The maximum Gasteiger partial charge on any atom is 0.330 e. The van der Waals surface area contributed by atoms with E-state index < -0.39 is 17.2 Å². The van der Waals surface area contributed by atoms with Gasteiger partial charge in [-0.25, -0.2) is 4.79 Å². The van der Waals surface area contributed by atoms with Gasteiger partial charge in [-0.1, -0.05) is 36.4 Å². The first-order valence-electron chi connectivity index (χ1n) is 8.91. The van der Waals surface area contributed by atoms with Crippen molar-refractivity contribution in [1.82, 2.24) is 14.5 Å². The van der Waals surface area contributed by atoms with Gasteiger partial charge >= 0.3 is 5.69 Å². The van der Waals surface area contributed by atoms with Crippen molar-refractivity contribution in [2.45, 2.75) is 13.1 Å². The minimum absolute atomic E-state index is 0.0754. The lowest BCUT2D eigenvalue weighted by atomic mass is 10.2. The van der Waals surface area contributed by atoms with Gasteiger partial charge in [0.15, 0.2) is 5.69 Å². The Hall–Kier alpha value is -3.72. The number of carbonyl (C=O) groups excluding carboxylic acids is 1. The molecule has 1 amide bonds. The number of hydrogen-bond donors (Lipinski definition) is 2. The molecular formula is C20H21N5O4. The summed E-state index contributed by atoms with van der Waals surface area (Å²) < 4.78 is 6.17. The lowest BCUT2D eigenvalue weighted by Crippen LogP contribution is -2.41. The van der Waals surface area contributed by atoms with Crippen LogP contribution in [0.4, 0.5) is 11.5 Å². The van der Waals surface area contributed by atoms with E-state index in [1.807, 2.05) is 30.3 Å². The molecule has 0 aliphatic rings. The predicted molar refractivity (Wildman–Crippen MR) is 109 cm³/mol. The van der Waals surface area contributed by atoms with E-state index in [-0.39, 0.29) is 36.9 Å². The Labute approximate surface area is 166 Å². The molecule has 0 saturated carbocycles. The number of rotatable bonds is 7. The number of carbonyl (C=O) groups is 1. The van der Waals surface area contributed by atoms with Crippen LogP contribution in [0.3, 0.4) is 0 Å². The van der Waals surface area contributed by atoms with Crippen molar-refractivity contribution in [2.24, 2.45) is 0 Å². The van der Waals surface area contributed by atoms with Crippen LogP contribution in [-0.4, -0.2) is 34.2 Å². The molecule has 3 aromatic rings. The number of benzene rings is 1. The lowest BCUT2D eigenvalue weighted by Gasteiger charge is -2.24. The predicted octanol–water partition coefficient (Wildman–Crippen LogP) is 1.01. The highest BCUT2D eigenvalue weighted by molar-refractivity contribution is 6.05. The Morgan fingerprint density at radius 2 is 1.90 bits per heavy atom. The number of methoxy groups -OCH3 is 1. The molecule has 29 heavy (non-hydrogen) atoms. The van der Waals surface area contributed by atoms with Crippen LogP contribution in [0.15, 0.2) is 64.3 Å². The summed E-state index contributed by atoms with van der Waals surface area (Å²) in [7, 11) is 1.49. The third kappa shape index (κ3) is 4.41. The van der Waals surface area contributed by atoms with Gasteiger partial charge in [-0.3, -0.25) is 29.0 Å². The number of pyridine rings is 1. The smallest absolute Gasteiger partial charge is 0.330 e. The van der Waals surface area contributed by atoms with Crippen molar-refractivity contribution in [1.29, 1.82) is 0 Å². The molecule has 9 heteroatoms. The molecule has 3 N–H and O–H groups in total. The summed E-state index contributed by atoms with van der Waals surface area (Å²) in [5, 5.41) is 0. The minimum atomic E-state index is -0.749. The molecular weight excluding hydrogens is 374 g/mol. The molecule has 0 bridgehead atoms. The molecule has 0 spiro atoms. The quantitative estimate of drug-likeness (QED) is 0.615. The number of anilines is 2. The zero-order valence-electron chi connectivity index (χ0n) is 15.9. The van der Waals surface area contributed by atoms with Crippen LogP contribution >= 0.6 is 0 Å². The van der Waals surface area contributed by atoms with Gasteiger partial charge in [-0.05, 0) is 17.7 Å². The number of nitrogens with two attached hydrogens (primary N) is 1. The number of nitrogen functional groups attached to an aromatic ring is 1. The van der Waals surface area contributed by atoms with E-state index in [1.54, 1.807) is 18.2 Å². The van der Waals surface area contributed by atoms with Crippen molar-refractivity contribution in [3.63, 3.8) is 0 Å². The van der Waals surface area contributed by atoms with Gasteiger partial charge in [0.2, 0.25) is 0 Å². The Balaban J connectivity index is 2.14. The Bertz CT molecular complexity index is 1090. The van der Waals surface area contributed by atoms with Gasteiger partial charge in [0.05, 0.1) is 19.7 Å². The summed E-state index contributed by atoms with van der Waals surface area (Å²) in [6.07, 6.45) is 1.49. The number of ether oxygens (including phenoxy) is 1. The largest absolute Gasteiger partial charge is 0.383 e. The van der Waals surface area contributed by atoms with E-state index in [4.69, 9.17) is 10.5 Å². The number of nitrogens with one attached hydrogen (secondary N) is 1. The normalized spacial score (nSPS) is 10.7. The highest BCUT2D eigenvalue weighted by Crippen LogP contribution is 2.21. The molecule has 9 nitrogen and oxygen atoms in total. The van der Waals surface area contributed by atoms with Gasteiger partial charge in [0, 0.05) is 13.3 Å². The zero-order valence-corrected chi connectivity index (χ0v) is 15.9. The molecule has 1 aromatic carbocycles. The van der Waals surface area contributed by atoms with Gasteiger partial charge < -0.3 is 10.5 Å². The number of amides is 1. The first-order valence-corrected chi connectivity index (χ1v) is 8.91. The van der Waals surface area contributed by atoms with E-state index in [9.17, 15) is 14.4 Å². The van der Waals surface area contributed by atoms with Crippen LogP contribution in [0.5, 0.6) is 0 Å². The zero-order chi connectivity index (χ0) is 20.8. The summed E-state index contributed by atoms with van der Waals surface area (Å²) >= 11 is 0. The standard InChI is InChI=1S/C20H21N5O4/c1-29-12-11-24-17(21)16(18(26)23-20(24)28)25(13-14-7-3-2-4-8-14)19(27)15-9-5-6-10-22-15/h2-10H,11-13,21H2,1H3,(H,23,26,28). The Morgan fingerprint density at radius 3 is 2.55 bits per heavy atom. The fourth-order valence-electron chi connectivity index (χ4n) is 2.89. The van der Waals surface area contributed by atoms with E-state index >= 15 is 0 Å². The van der Waals surface area contributed by atoms with Crippen LogP contribution < -0.4 is 21.9 Å². The fourth-order valence-corrected chi connectivity index (χ4v) is 2.89. The summed E-state index contributed by atoms with van der Waals surface area (Å²) in [4.78, 5) is 45.6. The van der Waals surface area contributed by atoms with E-state index in [0.29, 0.717) is 0 Å². The number of aromatic amines is 1. The molecule has 150 valence electrons. The van der Waals surface area contributed by atoms with E-state index in [0.717, 1.165) is 5.56 Å². The fraction of sp³-hybridized carbons (Fsp3) is 0.200. The summed E-state index contributed by atoms with van der Waals surface area (Å²) in [5.74, 6) is -0.625. The second-order valence-electron chi connectivity index (χ2n) is 6.23. The third-order valence-electron chi connectivity index (χ3n) is 4.32. The first kappa shape index (κ1) is 20.0. The molecule has 3 rings (SSSR count). The first-order chi connectivity index (χ1) is 14.0. The van der Waals surface area contributed by atoms with Crippen molar-refractivity contribution in [3.8, 4) is 0 Å². The topological polar surface area (TPSA) is 123 Å². The molecule has 0 saturated heterocycles. The third-order valence-corrected chi connectivity index (χ3v) is 4.32. The summed E-state index contributed by atoms with van der Waals surface area (Å²) in [6, 6.07) is 14.1. The number of H-pyrrole nitrogens is 1. The average molecular weight is 395 g/mol. The SMILES string of the molecule is COCCn1c(N)c(N(Cc2ccccc2)C(=O)c2ccccn2)c(=O)[nH]c1=O. The second kappa shape index (κ2) is 8.98. The number of nitrogens with zero attached hydrogens (tertiary/aromatic N) is 3. The summed E-state index contributed by atoms with van der Waals surface area (Å²) in [5.41, 5.74) is 5.57. The van der Waals surface area contributed by atoms with Crippen LogP contribution in [0.25, 0.3) is 0 Å². The molecule has 0 radical (unpaired) electrons. The molecule has 0 aliphatic carbocycles. The van der Waals surface area contributed by atoms with Gasteiger partial charge in [-0.2, -0.15) is 0 Å².